The molecule has 0 radical (unpaired) electrons. The average Bonchev–Trinajstić information content (AvgIpc) is 2.73. The fourth-order valence-corrected chi connectivity index (χ4v) is 4.93. The Morgan fingerprint density at radius 1 is 1.16 bits per heavy atom. The molecule has 0 bridgehead atoms. The number of hydrogen-bond donors (Lipinski definition) is 1. The largest absolute Gasteiger partial charge is 0.449 e. The van der Waals surface area contributed by atoms with E-state index in [4.69, 9.17) is 4.74 Å². The molecule has 7 nitrogen and oxygen atoms in total. The van der Waals surface area contributed by atoms with Gasteiger partial charge in [-0.25, -0.2) is 17.6 Å². The van der Waals surface area contributed by atoms with Crippen LogP contribution >= 0.6 is 0 Å². The van der Waals surface area contributed by atoms with Crippen molar-refractivity contribution < 1.29 is 27.1 Å². The van der Waals surface area contributed by atoms with Gasteiger partial charge in [0.15, 0.2) is 6.10 Å². The number of halogens is 1. The molecular weight excluding hydrogens is 435 g/mol. The van der Waals surface area contributed by atoms with Crippen LogP contribution in [0.2, 0.25) is 0 Å². The van der Waals surface area contributed by atoms with Crippen LogP contribution in [0.5, 0.6) is 0 Å². The standard InChI is InChI=1S/C23H27FN2O5S/c1-15-10-12-26(13-11-15)22(27)17(3)31-23(28)19-6-4-5-7-20(19)25-32(29,30)21-9-8-18(24)14-16(21)2/h4-9,14-15,17,25H,10-13H2,1-3H3/t17-/m0/s1. The molecule has 2 aromatic carbocycles. The average molecular weight is 463 g/mol. The predicted molar refractivity (Wildman–Crippen MR) is 118 cm³/mol. The molecule has 1 heterocycles. The third-order valence-electron chi connectivity index (χ3n) is 5.54. The minimum atomic E-state index is -4.08. The summed E-state index contributed by atoms with van der Waals surface area (Å²) in [5, 5.41) is 0. The second-order valence-corrected chi connectivity index (χ2v) is 9.77. The number of esters is 1. The molecule has 1 aliphatic heterocycles. The number of nitrogens with zero attached hydrogens (tertiary/aromatic N) is 1. The molecule has 1 amide bonds. The van der Waals surface area contributed by atoms with Crippen LogP contribution in [0.3, 0.4) is 0 Å². The molecular formula is C23H27FN2O5S. The van der Waals surface area contributed by atoms with E-state index in [1.54, 1.807) is 17.0 Å². The van der Waals surface area contributed by atoms with Crippen LogP contribution < -0.4 is 4.72 Å². The lowest BCUT2D eigenvalue weighted by molar-refractivity contribution is -0.141. The maximum Gasteiger partial charge on any atom is 0.341 e. The Morgan fingerprint density at radius 2 is 1.81 bits per heavy atom. The van der Waals surface area contributed by atoms with Crippen molar-refractivity contribution in [3.63, 3.8) is 0 Å². The Labute approximate surface area is 187 Å². The van der Waals surface area contributed by atoms with E-state index in [0.29, 0.717) is 19.0 Å². The number of nitrogens with one attached hydrogen (secondary N) is 1. The quantitative estimate of drug-likeness (QED) is 0.660. The Kier molecular flexibility index (Phi) is 7.18. The normalized spacial score (nSPS) is 15.8. The summed E-state index contributed by atoms with van der Waals surface area (Å²) in [4.78, 5) is 27.0. The molecule has 0 aliphatic carbocycles. The highest BCUT2D eigenvalue weighted by Crippen LogP contribution is 2.24. The van der Waals surface area contributed by atoms with E-state index in [9.17, 15) is 22.4 Å². The van der Waals surface area contributed by atoms with E-state index in [1.807, 2.05) is 0 Å². The molecule has 1 atom stereocenters. The number of likely N-dealkylation sites (tertiary alicyclic amines) is 1. The number of anilines is 1. The summed E-state index contributed by atoms with van der Waals surface area (Å²) in [5.74, 6) is -1.08. The van der Waals surface area contributed by atoms with Gasteiger partial charge in [-0.05, 0) is 68.5 Å². The number of ether oxygens (including phenoxy) is 1. The molecule has 9 heteroatoms. The summed E-state index contributed by atoms with van der Waals surface area (Å²) in [6.07, 6.45) is 0.805. The number of aryl methyl sites for hydroxylation is 1. The van der Waals surface area contributed by atoms with Gasteiger partial charge >= 0.3 is 5.97 Å². The maximum atomic E-state index is 13.4. The number of para-hydroxylation sites is 1. The molecule has 3 rings (SSSR count). The number of piperidine rings is 1. The predicted octanol–water partition coefficient (Wildman–Crippen LogP) is 3.74. The molecule has 0 saturated carbocycles. The van der Waals surface area contributed by atoms with E-state index in [1.165, 1.54) is 26.0 Å². The highest BCUT2D eigenvalue weighted by molar-refractivity contribution is 7.92. The molecule has 0 aromatic heterocycles. The van der Waals surface area contributed by atoms with Crippen LogP contribution in [-0.2, 0) is 19.6 Å². The molecule has 0 spiro atoms. The van der Waals surface area contributed by atoms with Gasteiger partial charge in [0.2, 0.25) is 0 Å². The Bertz CT molecular complexity index is 1110. The van der Waals surface area contributed by atoms with Crippen molar-refractivity contribution >= 4 is 27.6 Å². The Hall–Kier alpha value is -2.94. The first-order valence-corrected chi connectivity index (χ1v) is 11.9. The van der Waals surface area contributed by atoms with Gasteiger partial charge in [-0.1, -0.05) is 19.1 Å². The van der Waals surface area contributed by atoms with Gasteiger partial charge in [0.25, 0.3) is 15.9 Å². The van der Waals surface area contributed by atoms with E-state index in [2.05, 4.69) is 11.6 Å². The number of rotatable bonds is 6. The molecule has 2 aromatic rings. The maximum absolute atomic E-state index is 13.4. The minimum Gasteiger partial charge on any atom is -0.449 e. The zero-order valence-electron chi connectivity index (χ0n) is 18.3. The van der Waals surface area contributed by atoms with Crippen molar-refractivity contribution in [2.45, 2.75) is 44.6 Å². The van der Waals surface area contributed by atoms with Crippen molar-refractivity contribution in [1.29, 1.82) is 0 Å². The number of hydrogen-bond acceptors (Lipinski definition) is 5. The van der Waals surface area contributed by atoms with Crippen LogP contribution in [0, 0.1) is 18.7 Å². The van der Waals surface area contributed by atoms with Crippen LogP contribution in [-0.4, -0.2) is 44.4 Å². The van der Waals surface area contributed by atoms with Gasteiger partial charge in [0.05, 0.1) is 16.1 Å². The summed E-state index contributed by atoms with van der Waals surface area (Å²) >= 11 is 0. The summed E-state index contributed by atoms with van der Waals surface area (Å²) in [6.45, 7) is 6.36. The van der Waals surface area contributed by atoms with Crippen LogP contribution in [0.1, 0.15) is 42.6 Å². The van der Waals surface area contributed by atoms with Crippen molar-refractivity contribution in [1.82, 2.24) is 4.90 Å². The number of carbonyl (C=O) groups excluding carboxylic acids is 2. The van der Waals surface area contributed by atoms with E-state index in [0.717, 1.165) is 31.0 Å². The molecule has 172 valence electrons. The monoisotopic (exact) mass is 462 g/mol. The lowest BCUT2D eigenvalue weighted by atomic mass is 9.99. The number of benzene rings is 2. The smallest absolute Gasteiger partial charge is 0.341 e. The first kappa shape index (κ1) is 23.7. The summed E-state index contributed by atoms with van der Waals surface area (Å²) < 4.78 is 46.7. The van der Waals surface area contributed by atoms with Gasteiger partial charge in [-0.2, -0.15) is 0 Å². The fourth-order valence-electron chi connectivity index (χ4n) is 3.62. The highest BCUT2D eigenvalue weighted by atomic mass is 32.2. The molecule has 1 fully saturated rings. The van der Waals surface area contributed by atoms with Gasteiger partial charge in [-0.3, -0.25) is 9.52 Å². The molecule has 1 saturated heterocycles. The van der Waals surface area contributed by atoms with Gasteiger partial charge < -0.3 is 9.64 Å². The van der Waals surface area contributed by atoms with E-state index >= 15 is 0 Å². The summed E-state index contributed by atoms with van der Waals surface area (Å²) in [7, 11) is -4.08. The first-order valence-electron chi connectivity index (χ1n) is 10.5. The van der Waals surface area contributed by atoms with Crippen molar-refractivity contribution in [2.75, 3.05) is 17.8 Å². The van der Waals surface area contributed by atoms with Crippen LogP contribution in [0.25, 0.3) is 0 Å². The zero-order chi connectivity index (χ0) is 23.5. The van der Waals surface area contributed by atoms with Crippen LogP contribution in [0.4, 0.5) is 10.1 Å². The van der Waals surface area contributed by atoms with Crippen molar-refractivity contribution in [3.05, 3.63) is 59.4 Å². The molecule has 0 unspecified atom stereocenters. The van der Waals surface area contributed by atoms with Crippen molar-refractivity contribution in [2.24, 2.45) is 5.92 Å². The third kappa shape index (κ3) is 5.45. The number of sulfonamides is 1. The van der Waals surface area contributed by atoms with Crippen LogP contribution in [0.15, 0.2) is 47.4 Å². The van der Waals surface area contributed by atoms with E-state index in [-0.39, 0.29) is 27.6 Å². The number of amides is 1. The fraction of sp³-hybridized carbons (Fsp3) is 0.391. The SMILES string of the molecule is Cc1cc(F)ccc1S(=O)(=O)Nc1ccccc1C(=O)O[C@@H](C)C(=O)N1CCC(C)CC1. The molecule has 1 aliphatic rings. The molecule has 1 N–H and O–H groups in total. The summed E-state index contributed by atoms with van der Waals surface area (Å²) in [5.41, 5.74) is 0.211. The van der Waals surface area contributed by atoms with Crippen molar-refractivity contribution in [3.8, 4) is 0 Å². The van der Waals surface area contributed by atoms with Gasteiger partial charge in [0, 0.05) is 13.1 Å². The zero-order valence-corrected chi connectivity index (χ0v) is 19.1. The van der Waals surface area contributed by atoms with Gasteiger partial charge in [0.1, 0.15) is 5.82 Å². The topological polar surface area (TPSA) is 92.8 Å². The lowest BCUT2D eigenvalue weighted by Crippen LogP contribution is -2.44. The third-order valence-corrected chi connectivity index (χ3v) is 7.07. The second kappa shape index (κ2) is 9.68. The van der Waals surface area contributed by atoms with Gasteiger partial charge in [-0.15, -0.1) is 0 Å². The lowest BCUT2D eigenvalue weighted by Gasteiger charge is -2.32. The number of carbonyl (C=O) groups is 2. The second-order valence-electron chi connectivity index (χ2n) is 8.12. The Balaban J connectivity index is 1.75. The summed E-state index contributed by atoms with van der Waals surface area (Å²) in [6, 6.07) is 9.29. The Morgan fingerprint density at radius 3 is 2.47 bits per heavy atom. The minimum absolute atomic E-state index is 0.00710. The first-order chi connectivity index (χ1) is 15.1. The highest BCUT2D eigenvalue weighted by Gasteiger charge is 2.28. The molecule has 32 heavy (non-hydrogen) atoms. The van der Waals surface area contributed by atoms with E-state index < -0.39 is 27.9 Å².